The second-order valence-corrected chi connectivity index (χ2v) is 2.99. The molecule has 0 radical (unpaired) electrons. The highest BCUT2D eigenvalue weighted by Gasteiger charge is 1.96. The third-order valence-electron chi connectivity index (χ3n) is 1.44. The Morgan fingerprint density at radius 3 is 1.19 bits per heavy atom. The molecule has 0 saturated carbocycles. The molecular weight excluding hydrogens is 276 g/mol. The fraction of sp³-hybridized carbons (Fsp3) is 0.273. The Bertz CT molecular complexity index is 479. The number of amides is 2. The minimum Gasteiger partial charge on any atom is -0.762 e. The lowest BCUT2D eigenvalue weighted by molar-refractivity contribution is -0.404. The molecule has 0 fully saturated rings. The van der Waals surface area contributed by atoms with Crippen molar-refractivity contribution in [1.82, 2.24) is 0 Å². The summed E-state index contributed by atoms with van der Waals surface area (Å²) in [7, 11) is 0. The van der Waals surface area contributed by atoms with Crippen molar-refractivity contribution < 1.29 is 21.1 Å². The zero-order valence-electron chi connectivity index (χ0n) is 11.3. The van der Waals surface area contributed by atoms with Gasteiger partial charge in [0.15, 0.2) is 0 Å². The van der Waals surface area contributed by atoms with E-state index in [1.807, 2.05) is 0 Å². The summed E-state index contributed by atoms with van der Waals surface area (Å²) in [5.74, 6) is 0.711. The number of carbonyl (C=O) groups is 2. The minimum absolute atomic E-state index is 0.565. The highest BCUT2D eigenvalue weighted by molar-refractivity contribution is 6.05. The van der Waals surface area contributed by atoms with Gasteiger partial charge in [0, 0.05) is 6.42 Å². The van der Waals surface area contributed by atoms with Crippen LogP contribution < -0.4 is 22.9 Å². The van der Waals surface area contributed by atoms with Gasteiger partial charge in [-0.25, -0.2) is 11.7 Å². The minimum atomic E-state index is -0.977. The molecule has 0 rings (SSSR count). The summed E-state index contributed by atoms with van der Waals surface area (Å²) >= 11 is 0. The SMILES string of the molecule is N#CC(=C=[N-])C(N)=O.N#CC(=C=[N-])C(N)=O.[NH3+]CCC[NH3+]. The standard InChI is InChI=1S/2C4H2N3O.C3H10N2/c2*5-1-3(2-6)4(7)8;4-2-1-3-5/h2*(H2,7,8);1-5H2/q2*-1;/p+2. The molecule has 112 valence electrons. The maximum atomic E-state index is 9.90. The van der Waals surface area contributed by atoms with Gasteiger partial charge in [0.05, 0.1) is 13.1 Å². The molecule has 0 aromatic heterocycles. The maximum Gasteiger partial charge on any atom is 0.265 e. The number of hydrogen-bond donors (Lipinski definition) is 4. The fourth-order valence-electron chi connectivity index (χ4n) is 0.447. The van der Waals surface area contributed by atoms with Gasteiger partial charge in [-0.15, -0.1) is 0 Å². The molecule has 0 atom stereocenters. The molecule has 21 heavy (non-hydrogen) atoms. The molecule has 10 heteroatoms. The van der Waals surface area contributed by atoms with Gasteiger partial charge >= 0.3 is 0 Å². The molecule has 0 aliphatic heterocycles. The Balaban J connectivity index is -0.000000239. The smallest absolute Gasteiger partial charge is 0.265 e. The monoisotopic (exact) mass is 292 g/mol. The van der Waals surface area contributed by atoms with E-state index >= 15 is 0 Å². The summed E-state index contributed by atoms with van der Waals surface area (Å²) in [5, 5.41) is 31.5. The van der Waals surface area contributed by atoms with Crippen LogP contribution in [0.5, 0.6) is 0 Å². The molecule has 10 N–H and O–H groups in total. The first kappa shape index (κ1) is 22.9. The molecule has 0 aromatic rings. The molecular formula is C11H16N8O2. The predicted octanol–water partition coefficient (Wildman–Crippen LogP) is -3.82. The van der Waals surface area contributed by atoms with E-state index in [2.05, 4.69) is 22.9 Å². The number of primary amides is 2. The summed E-state index contributed by atoms with van der Waals surface area (Å²) in [6.45, 7) is 2.06. The highest BCUT2D eigenvalue weighted by atomic mass is 16.1. The van der Waals surface area contributed by atoms with Gasteiger partial charge in [-0.2, -0.15) is 10.5 Å². The Hall–Kier alpha value is -3.26. The van der Waals surface area contributed by atoms with Crippen LogP contribution in [0.15, 0.2) is 11.1 Å². The third kappa shape index (κ3) is 16.7. The molecule has 10 nitrogen and oxygen atoms in total. The zero-order valence-corrected chi connectivity index (χ0v) is 11.3. The van der Waals surface area contributed by atoms with E-state index in [4.69, 9.17) is 21.3 Å². The van der Waals surface area contributed by atoms with E-state index in [9.17, 15) is 9.59 Å². The van der Waals surface area contributed by atoms with E-state index in [1.54, 1.807) is 0 Å². The molecule has 0 spiro atoms. The van der Waals surface area contributed by atoms with Crippen molar-refractivity contribution in [2.24, 2.45) is 11.5 Å². The van der Waals surface area contributed by atoms with Crippen LogP contribution in [0.4, 0.5) is 0 Å². The van der Waals surface area contributed by atoms with Crippen LogP contribution >= 0.6 is 0 Å². The van der Waals surface area contributed by atoms with E-state index in [1.165, 1.54) is 30.3 Å². The first-order chi connectivity index (χ1) is 9.85. The van der Waals surface area contributed by atoms with Crippen molar-refractivity contribution in [2.75, 3.05) is 13.1 Å². The number of nitriles is 2. The van der Waals surface area contributed by atoms with Crippen LogP contribution in [-0.4, -0.2) is 36.6 Å². The summed E-state index contributed by atoms with van der Waals surface area (Å²) in [4.78, 5) is 19.8. The lowest BCUT2D eigenvalue weighted by Gasteiger charge is -1.82. The first-order valence-electron chi connectivity index (χ1n) is 5.38. The maximum absolute atomic E-state index is 9.90. The lowest BCUT2D eigenvalue weighted by atomic mass is 10.3. The fourth-order valence-corrected chi connectivity index (χ4v) is 0.447. The van der Waals surface area contributed by atoms with E-state index in [0.717, 1.165) is 13.1 Å². The van der Waals surface area contributed by atoms with E-state index < -0.39 is 23.0 Å². The van der Waals surface area contributed by atoms with E-state index in [-0.39, 0.29) is 0 Å². The second kappa shape index (κ2) is 16.7. The quantitative estimate of drug-likeness (QED) is 0.231. The first-order valence-corrected chi connectivity index (χ1v) is 5.38. The van der Waals surface area contributed by atoms with Crippen molar-refractivity contribution in [1.29, 1.82) is 10.5 Å². The number of nitrogens with two attached hydrogens (primary N) is 2. The summed E-state index contributed by atoms with van der Waals surface area (Å²) in [6.07, 6.45) is 1.17. The number of quaternary nitrogens is 2. The van der Waals surface area contributed by atoms with Crippen LogP contribution in [0.1, 0.15) is 6.42 Å². The van der Waals surface area contributed by atoms with Gasteiger partial charge in [0.2, 0.25) is 0 Å². The molecule has 0 aliphatic rings. The molecule has 0 aromatic carbocycles. The van der Waals surface area contributed by atoms with Crippen LogP contribution in [0.2, 0.25) is 0 Å². The van der Waals surface area contributed by atoms with Gasteiger partial charge in [-0.1, -0.05) is 0 Å². The summed E-state index contributed by atoms with van der Waals surface area (Å²) < 4.78 is 0. The third-order valence-corrected chi connectivity index (χ3v) is 1.44. The Labute approximate surface area is 121 Å². The van der Waals surface area contributed by atoms with Crippen LogP contribution in [0.3, 0.4) is 0 Å². The second-order valence-electron chi connectivity index (χ2n) is 2.99. The van der Waals surface area contributed by atoms with Crippen molar-refractivity contribution >= 4 is 23.6 Å². The van der Waals surface area contributed by atoms with Crippen LogP contribution in [-0.2, 0) is 9.59 Å². The normalized spacial score (nSPS) is 6.86. The molecule has 0 unspecified atom stereocenters. The van der Waals surface area contributed by atoms with Crippen molar-refractivity contribution in [3.63, 3.8) is 0 Å². The molecule has 0 heterocycles. The molecule has 0 saturated heterocycles. The molecule has 0 bridgehead atoms. The molecule has 0 aliphatic carbocycles. The topological polar surface area (TPSA) is 234 Å². The van der Waals surface area contributed by atoms with Gasteiger partial charge in [-0.05, 0) is 0 Å². The Morgan fingerprint density at radius 2 is 1.19 bits per heavy atom. The highest BCUT2D eigenvalue weighted by Crippen LogP contribution is 1.78. The summed E-state index contributed by atoms with van der Waals surface area (Å²) in [6, 6.07) is 2.66. The van der Waals surface area contributed by atoms with Crippen molar-refractivity contribution in [2.45, 2.75) is 6.42 Å². The largest absolute Gasteiger partial charge is 0.762 e. The van der Waals surface area contributed by atoms with Crippen LogP contribution in [0.25, 0.3) is 10.8 Å². The van der Waals surface area contributed by atoms with Gasteiger partial charge in [-0.3, -0.25) is 9.59 Å². The number of rotatable bonds is 4. The average Bonchev–Trinajstić information content (AvgIpc) is 2.43. The zero-order chi connectivity index (χ0) is 17.3. The average molecular weight is 292 g/mol. The number of carbonyl (C=O) groups excluding carboxylic acids is 2. The van der Waals surface area contributed by atoms with Crippen LogP contribution in [0, 0.1) is 22.7 Å². The van der Waals surface area contributed by atoms with Gasteiger partial charge in [0.1, 0.15) is 23.3 Å². The lowest BCUT2D eigenvalue weighted by Crippen LogP contribution is -2.56. The van der Waals surface area contributed by atoms with Crippen molar-refractivity contribution in [3.05, 3.63) is 22.0 Å². The number of nitrogens with zero attached hydrogens (tertiary/aromatic N) is 4. The summed E-state index contributed by atoms with van der Waals surface area (Å²) in [5.41, 5.74) is 15.2. The number of hydrogen-bond acceptors (Lipinski definition) is 4. The predicted molar refractivity (Wildman–Crippen MR) is 73.5 cm³/mol. The van der Waals surface area contributed by atoms with E-state index in [0.29, 0.717) is 0 Å². The van der Waals surface area contributed by atoms with Gasteiger partial charge < -0.3 is 33.8 Å². The van der Waals surface area contributed by atoms with Gasteiger partial charge in [0.25, 0.3) is 11.8 Å². The Morgan fingerprint density at radius 1 is 0.905 bits per heavy atom. The van der Waals surface area contributed by atoms with Crippen molar-refractivity contribution in [3.8, 4) is 12.1 Å². The Kier molecular flexibility index (Phi) is 18.2. The molecule has 2 amide bonds.